The Labute approximate surface area is 99.1 Å². The largest absolute Gasteiger partial charge is 0.330 e. The van der Waals surface area contributed by atoms with Crippen molar-refractivity contribution in [3.05, 3.63) is 18.2 Å². The lowest BCUT2D eigenvalue weighted by Gasteiger charge is -2.23. The summed E-state index contributed by atoms with van der Waals surface area (Å²) in [4.78, 5) is 4.24. The maximum atomic E-state index is 6.19. The Morgan fingerprint density at radius 1 is 1.25 bits per heavy atom. The van der Waals surface area contributed by atoms with Crippen molar-refractivity contribution in [3.8, 4) is 0 Å². The van der Waals surface area contributed by atoms with Crippen LogP contribution >= 0.6 is 0 Å². The summed E-state index contributed by atoms with van der Waals surface area (Å²) in [6.45, 7) is 11.0. The van der Waals surface area contributed by atoms with Crippen LogP contribution in [0.15, 0.2) is 12.5 Å². The summed E-state index contributed by atoms with van der Waals surface area (Å²) in [5.41, 5.74) is 7.35. The fraction of sp³-hybridized carbons (Fsp3) is 0.769. The molecule has 16 heavy (non-hydrogen) atoms. The Morgan fingerprint density at radius 2 is 1.88 bits per heavy atom. The van der Waals surface area contributed by atoms with Crippen LogP contribution in [0.4, 0.5) is 0 Å². The predicted molar refractivity (Wildman–Crippen MR) is 68.2 cm³/mol. The molecule has 2 N–H and O–H groups in total. The van der Waals surface area contributed by atoms with Gasteiger partial charge in [-0.3, -0.25) is 0 Å². The van der Waals surface area contributed by atoms with E-state index in [0.717, 1.165) is 12.1 Å². The monoisotopic (exact) mass is 223 g/mol. The number of imidazole rings is 1. The van der Waals surface area contributed by atoms with Gasteiger partial charge in [0.25, 0.3) is 0 Å². The van der Waals surface area contributed by atoms with Crippen molar-refractivity contribution in [1.29, 1.82) is 0 Å². The molecule has 0 saturated heterocycles. The lowest BCUT2D eigenvalue weighted by atomic mass is 10.0. The second-order valence-corrected chi connectivity index (χ2v) is 5.47. The number of nitrogens with zero attached hydrogens (tertiary/aromatic N) is 2. The highest BCUT2D eigenvalue weighted by molar-refractivity contribution is 5.06. The Hall–Kier alpha value is -0.830. The molecule has 3 nitrogen and oxygen atoms in total. The molecule has 3 heteroatoms. The molecule has 0 aromatic carbocycles. The summed E-state index contributed by atoms with van der Waals surface area (Å²) in [5.74, 6) is 1.14. The first kappa shape index (κ1) is 13.2. The average Bonchev–Trinajstić information content (AvgIpc) is 2.63. The summed E-state index contributed by atoms with van der Waals surface area (Å²) in [5, 5.41) is 0. The molecule has 92 valence electrons. The lowest BCUT2D eigenvalue weighted by Crippen LogP contribution is -2.22. The van der Waals surface area contributed by atoms with Crippen LogP contribution in [0.2, 0.25) is 0 Å². The number of rotatable bonds is 5. The second kappa shape index (κ2) is 5.48. The highest BCUT2D eigenvalue weighted by atomic mass is 15.1. The van der Waals surface area contributed by atoms with E-state index in [1.807, 2.05) is 12.5 Å². The van der Waals surface area contributed by atoms with Crippen molar-refractivity contribution in [2.45, 2.75) is 53.1 Å². The zero-order valence-electron chi connectivity index (χ0n) is 11.1. The Morgan fingerprint density at radius 3 is 2.38 bits per heavy atom. The smallest absolute Gasteiger partial charge is 0.0951 e. The summed E-state index contributed by atoms with van der Waals surface area (Å²) < 4.78 is 2.23. The highest BCUT2D eigenvalue weighted by Gasteiger charge is 2.18. The molecule has 0 aliphatic rings. The molecule has 0 spiro atoms. The van der Waals surface area contributed by atoms with Crippen LogP contribution in [0.25, 0.3) is 0 Å². The van der Waals surface area contributed by atoms with E-state index in [2.05, 4.69) is 44.2 Å². The van der Waals surface area contributed by atoms with E-state index in [9.17, 15) is 0 Å². The van der Waals surface area contributed by atoms with E-state index in [4.69, 9.17) is 5.73 Å². The van der Waals surface area contributed by atoms with Gasteiger partial charge in [-0.1, -0.05) is 27.7 Å². The first-order valence-electron chi connectivity index (χ1n) is 6.20. The number of aromatic nitrogens is 2. The molecule has 0 aliphatic carbocycles. The Bertz CT molecular complexity index is 315. The molecule has 0 aliphatic heterocycles. The van der Waals surface area contributed by atoms with E-state index in [-0.39, 0.29) is 6.04 Å². The molecule has 1 heterocycles. The van der Waals surface area contributed by atoms with Gasteiger partial charge in [-0.15, -0.1) is 0 Å². The Kier molecular flexibility index (Phi) is 4.54. The van der Waals surface area contributed by atoms with Crippen molar-refractivity contribution in [2.24, 2.45) is 17.6 Å². The normalized spacial score (nSPS) is 15.8. The zero-order chi connectivity index (χ0) is 12.3. The molecule has 1 rings (SSSR count). The van der Waals surface area contributed by atoms with Crippen LogP contribution in [-0.2, 0) is 0 Å². The first-order valence-corrected chi connectivity index (χ1v) is 6.20. The molecule has 1 aromatic rings. The fourth-order valence-corrected chi connectivity index (χ4v) is 2.08. The molecule has 1 aromatic heterocycles. The molecular weight excluding hydrogens is 198 g/mol. The molecule has 0 fully saturated rings. The topological polar surface area (TPSA) is 43.8 Å². The van der Waals surface area contributed by atoms with Crippen LogP contribution < -0.4 is 5.73 Å². The molecule has 0 amide bonds. The molecular formula is C13H25N3. The molecule has 0 radical (unpaired) electrons. The standard InChI is InChI=1S/C13H25N3/c1-9(2)6-11(5)16-8-15-7-12(16)13(14)10(3)4/h7-11,13H,6,14H2,1-5H3. The van der Waals surface area contributed by atoms with E-state index < -0.39 is 0 Å². The summed E-state index contributed by atoms with van der Waals surface area (Å²) in [6, 6.07) is 0.555. The van der Waals surface area contributed by atoms with Gasteiger partial charge in [0.15, 0.2) is 0 Å². The van der Waals surface area contributed by atoms with Crippen molar-refractivity contribution in [1.82, 2.24) is 9.55 Å². The van der Waals surface area contributed by atoms with E-state index >= 15 is 0 Å². The second-order valence-electron chi connectivity index (χ2n) is 5.47. The third-order valence-corrected chi connectivity index (χ3v) is 3.04. The van der Waals surface area contributed by atoms with E-state index in [1.54, 1.807) is 0 Å². The van der Waals surface area contributed by atoms with Crippen molar-refractivity contribution in [2.75, 3.05) is 0 Å². The van der Waals surface area contributed by atoms with Crippen LogP contribution in [-0.4, -0.2) is 9.55 Å². The van der Waals surface area contributed by atoms with Crippen molar-refractivity contribution < 1.29 is 0 Å². The zero-order valence-corrected chi connectivity index (χ0v) is 11.1. The lowest BCUT2D eigenvalue weighted by molar-refractivity contribution is 0.395. The maximum Gasteiger partial charge on any atom is 0.0951 e. The molecule has 0 bridgehead atoms. The third-order valence-electron chi connectivity index (χ3n) is 3.04. The van der Waals surface area contributed by atoms with Gasteiger partial charge in [-0.2, -0.15) is 0 Å². The minimum atomic E-state index is 0.0807. The van der Waals surface area contributed by atoms with Crippen molar-refractivity contribution in [3.63, 3.8) is 0 Å². The van der Waals surface area contributed by atoms with Gasteiger partial charge in [0.1, 0.15) is 0 Å². The summed E-state index contributed by atoms with van der Waals surface area (Å²) in [7, 11) is 0. The quantitative estimate of drug-likeness (QED) is 0.833. The van der Waals surface area contributed by atoms with Gasteiger partial charge in [0, 0.05) is 18.3 Å². The van der Waals surface area contributed by atoms with E-state index in [0.29, 0.717) is 17.9 Å². The molecule has 2 atom stereocenters. The number of hydrogen-bond acceptors (Lipinski definition) is 2. The predicted octanol–water partition coefficient (Wildman–Crippen LogP) is 3.15. The third kappa shape index (κ3) is 3.08. The van der Waals surface area contributed by atoms with Gasteiger partial charge < -0.3 is 10.3 Å². The number of hydrogen-bond donors (Lipinski definition) is 1. The minimum absolute atomic E-state index is 0.0807. The minimum Gasteiger partial charge on any atom is -0.330 e. The van der Waals surface area contributed by atoms with Gasteiger partial charge in [0.2, 0.25) is 0 Å². The summed E-state index contributed by atoms with van der Waals surface area (Å²) >= 11 is 0. The van der Waals surface area contributed by atoms with E-state index in [1.165, 1.54) is 0 Å². The van der Waals surface area contributed by atoms with Crippen LogP contribution in [0, 0.1) is 11.8 Å². The maximum absolute atomic E-state index is 6.19. The average molecular weight is 223 g/mol. The Balaban J connectivity index is 2.85. The van der Waals surface area contributed by atoms with Crippen LogP contribution in [0.3, 0.4) is 0 Å². The van der Waals surface area contributed by atoms with Gasteiger partial charge in [0.05, 0.1) is 12.0 Å². The molecule has 2 unspecified atom stereocenters. The molecule has 0 saturated carbocycles. The highest BCUT2D eigenvalue weighted by Crippen LogP contribution is 2.24. The van der Waals surface area contributed by atoms with Gasteiger partial charge >= 0.3 is 0 Å². The fourth-order valence-electron chi connectivity index (χ4n) is 2.08. The summed E-state index contributed by atoms with van der Waals surface area (Å²) in [6.07, 6.45) is 4.97. The van der Waals surface area contributed by atoms with Crippen molar-refractivity contribution >= 4 is 0 Å². The number of nitrogens with two attached hydrogens (primary N) is 1. The van der Waals surface area contributed by atoms with Gasteiger partial charge in [-0.05, 0) is 25.2 Å². The van der Waals surface area contributed by atoms with Crippen LogP contribution in [0.1, 0.15) is 58.8 Å². The SMILES string of the molecule is CC(C)CC(C)n1cncc1C(N)C(C)C. The first-order chi connectivity index (χ1) is 7.43. The van der Waals surface area contributed by atoms with Crippen LogP contribution in [0.5, 0.6) is 0 Å². The van der Waals surface area contributed by atoms with Gasteiger partial charge in [-0.25, -0.2) is 4.98 Å².